The number of ether oxygens (including phenoxy) is 1. The summed E-state index contributed by atoms with van der Waals surface area (Å²) in [5, 5.41) is 0. The van der Waals surface area contributed by atoms with Crippen LogP contribution in [-0.4, -0.2) is 43.9 Å². The maximum Gasteiger partial charge on any atom is 0.418 e. The smallest absolute Gasteiger partial charge is 0.378 e. The molecule has 1 aromatic carbocycles. The molecule has 1 aromatic rings. The summed E-state index contributed by atoms with van der Waals surface area (Å²) in [6, 6.07) is 4.36. The Morgan fingerprint density at radius 3 is 2.38 bits per heavy atom. The first-order valence-corrected chi connectivity index (χ1v) is 9.84. The minimum Gasteiger partial charge on any atom is -0.378 e. The molecule has 1 spiro atoms. The van der Waals surface area contributed by atoms with Gasteiger partial charge in [-0.3, -0.25) is 4.90 Å². The molecule has 3 aliphatic rings. The molecule has 158 valence electrons. The van der Waals surface area contributed by atoms with Crippen LogP contribution >= 0.6 is 0 Å². The fourth-order valence-corrected chi connectivity index (χ4v) is 4.43. The third-order valence-electron chi connectivity index (χ3n) is 5.75. The van der Waals surface area contributed by atoms with Crippen molar-refractivity contribution in [2.75, 3.05) is 36.1 Å². The van der Waals surface area contributed by atoms with Gasteiger partial charge in [-0.2, -0.15) is 18.2 Å². The Morgan fingerprint density at radius 2 is 1.72 bits per heavy atom. The molecule has 4 rings (SSSR count). The summed E-state index contributed by atoms with van der Waals surface area (Å²) in [5.74, 6) is -0.0387. The number of morpholine rings is 1. The van der Waals surface area contributed by atoms with Gasteiger partial charge in [0.25, 0.3) is 0 Å². The molecule has 0 amide bonds. The fourth-order valence-electron chi connectivity index (χ4n) is 4.43. The van der Waals surface area contributed by atoms with E-state index in [-0.39, 0.29) is 17.6 Å². The quantitative estimate of drug-likeness (QED) is 0.782. The number of hydrogen-bond acceptors (Lipinski definition) is 7. The zero-order valence-electron chi connectivity index (χ0n) is 16.1. The number of aliphatic imine (C=N–C) groups is 2. The first-order chi connectivity index (χ1) is 13.8. The number of nitrogens with zero attached hydrogens (tertiary/aromatic N) is 4. The number of halogens is 3. The molecule has 1 saturated carbocycles. The average molecular weight is 410 g/mol. The van der Waals surface area contributed by atoms with E-state index in [9.17, 15) is 13.2 Å². The summed E-state index contributed by atoms with van der Waals surface area (Å²) in [6.45, 7) is 2.08. The van der Waals surface area contributed by atoms with Crippen molar-refractivity contribution < 1.29 is 17.9 Å². The molecule has 10 heteroatoms. The predicted octanol–water partition coefficient (Wildman–Crippen LogP) is 2.65. The molecule has 0 atom stereocenters. The van der Waals surface area contributed by atoms with Crippen LogP contribution in [0.5, 0.6) is 0 Å². The molecule has 0 radical (unpaired) electrons. The first-order valence-electron chi connectivity index (χ1n) is 9.84. The van der Waals surface area contributed by atoms with Gasteiger partial charge in [-0.05, 0) is 43.9 Å². The second-order valence-electron chi connectivity index (χ2n) is 7.62. The predicted molar refractivity (Wildman–Crippen MR) is 106 cm³/mol. The number of alkyl halides is 3. The Hall–Kier alpha value is -2.49. The van der Waals surface area contributed by atoms with Gasteiger partial charge in [0.2, 0.25) is 11.9 Å². The largest absolute Gasteiger partial charge is 0.418 e. The van der Waals surface area contributed by atoms with Gasteiger partial charge in [-0.1, -0.05) is 6.42 Å². The third-order valence-corrected chi connectivity index (χ3v) is 5.75. The van der Waals surface area contributed by atoms with Crippen molar-refractivity contribution in [2.24, 2.45) is 21.5 Å². The highest BCUT2D eigenvalue weighted by molar-refractivity contribution is 6.06. The molecule has 1 saturated heterocycles. The van der Waals surface area contributed by atoms with E-state index in [4.69, 9.17) is 16.2 Å². The lowest BCUT2D eigenvalue weighted by atomic mass is 9.87. The van der Waals surface area contributed by atoms with Crippen molar-refractivity contribution >= 4 is 23.3 Å². The van der Waals surface area contributed by atoms with Crippen molar-refractivity contribution in [3.8, 4) is 0 Å². The highest BCUT2D eigenvalue weighted by atomic mass is 19.4. The molecule has 2 heterocycles. The van der Waals surface area contributed by atoms with Crippen LogP contribution in [0.4, 0.5) is 24.5 Å². The van der Waals surface area contributed by atoms with Crippen LogP contribution in [0, 0.1) is 0 Å². The van der Waals surface area contributed by atoms with Crippen LogP contribution < -0.4 is 21.3 Å². The molecule has 29 heavy (non-hydrogen) atoms. The lowest BCUT2D eigenvalue weighted by molar-refractivity contribution is -0.137. The molecule has 2 fully saturated rings. The zero-order chi connectivity index (χ0) is 20.6. The number of anilines is 2. The van der Waals surface area contributed by atoms with E-state index >= 15 is 0 Å². The molecule has 0 unspecified atom stereocenters. The van der Waals surface area contributed by atoms with Gasteiger partial charge in [0, 0.05) is 18.8 Å². The van der Waals surface area contributed by atoms with Gasteiger partial charge in [-0.25, -0.2) is 4.99 Å². The Kier molecular flexibility index (Phi) is 5.05. The summed E-state index contributed by atoms with van der Waals surface area (Å²) >= 11 is 0. The first kappa shape index (κ1) is 19.8. The minimum atomic E-state index is -4.56. The molecule has 2 aliphatic heterocycles. The van der Waals surface area contributed by atoms with Crippen LogP contribution in [0.15, 0.2) is 28.2 Å². The maximum absolute atomic E-state index is 14.1. The van der Waals surface area contributed by atoms with E-state index < -0.39 is 17.4 Å². The summed E-state index contributed by atoms with van der Waals surface area (Å²) in [5.41, 5.74) is 10.8. The summed E-state index contributed by atoms with van der Waals surface area (Å²) in [7, 11) is 0. The maximum atomic E-state index is 14.1. The summed E-state index contributed by atoms with van der Waals surface area (Å²) in [6.07, 6.45) is -0.717. The molecular weight excluding hydrogens is 385 g/mol. The van der Waals surface area contributed by atoms with Crippen LogP contribution in [0.25, 0.3) is 0 Å². The van der Waals surface area contributed by atoms with Gasteiger partial charge in [0.05, 0.1) is 24.5 Å². The normalized spacial score (nSPS) is 22.4. The van der Waals surface area contributed by atoms with Crippen molar-refractivity contribution in [2.45, 2.75) is 43.9 Å². The molecular formula is C19H25F3N6O. The molecule has 1 aliphatic carbocycles. The molecule has 4 N–H and O–H groups in total. The fraction of sp³-hybridized carbons (Fsp3) is 0.579. The van der Waals surface area contributed by atoms with E-state index in [0.29, 0.717) is 44.8 Å². The van der Waals surface area contributed by atoms with E-state index in [1.807, 2.05) is 4.90 Å². The van der Waals surface area contributed by atoms with Crippen LogP contribution in [-0.2, 0) is 10.9 Å². The van der Waals surface area contributed by atoms with Gasteiger partial charge in [0.15, 0.2) is 0 Å². The Bertz CT molecular complexity index is 826. The molecule has 7 nitrogen and oxygen atoms in total. The number of guanidine groups is 2. The SMILES string of the molecule is NC1=NC2(CCCCC2)N(c2ccc(N3CCOCC3)cc2C(F)(F)F)C(N)=N1. The van der Waals surface area contributed by atoms with E-state index in [0.717, 1.165) is 19.3 Å². The Balaban J connectivity index is 1.81. The molecule has 0 aromatic heterocycles. The lowest BCUT2D eigenvalue weighted by Crippen LogP contribution is -2.58. The Labute approximate surface area is 167 Å². The monoisotopic (exact) mass is 410 g/mol. The minimum absolute atomic E-state index is 0.0131. The van der Waals surface area contributed by atoms with E-state index in [1.54, 1.807) is 6.07 Å². The zero-order valence-corrected chi connectivity index (χ0v) is 16.1. The molecule has 0 bridgehead atoms. The second kappa shape index (κ2) is 7.40. The number of rotatable bonds is 2. The van der Waals surface area contributed by atoms with Gasteiger partial charge in [-0.15, -0.1) is 0 Å². The lowest BCUT2D eigenvalue weighted by Gasteiger charge is -2.46. The van der Waals surface area contributed by atoms with Crippen molar-refractivity contribution in [3.63, 3.8) is 0 Å². The topological polar surface area (TPSA) is 92.5 Å². The highest BCUT2D eigenvalue weighted by Gasteiger charge is 2.46. The van der Waals surface area contributed by atoms with Crippen molar-refractivity contribution in [1.29, 1.82) is 0 Å². The van der Waals surface area contributed by atoms with Crippen molar-refractivity contribution in [3.05, 3.63) is 23.8 Å². The van der Waals surface area contributed by atoms with Gasteiger partial charge < -0.3 is 21.1 Å². The number of benzene rings is 1. The average Bonchev–Trinajstić information content (AvgIpc) is 2.68. The van der Waals surface area contributed by atoms with E-state index in [2.05, 4.69) is 9.98 Å². The van der Waals surface area contributed by atoms with Crippen LogP contribution in [0.1, 0.15) is 37.7 Å². The number of nitrogens with two attached hydrogens (primary N) is 2. The van der Waals surface area contributed by atoms with E-state index in [1.165, 1.54) is 17.0 Å². The summed E-state index contributed by atoms with van der Waals surface area (Å²) in [4.78, 5) is 11.8. The highest BCUT2D eigenvalue weighted by Crippen LogP contribution is 2.45. The standard InChI is InChI=1S/C19H25F3N6O/c20-19(21,22)14-12-13(27-8-10-29-11-9-27)4-5-15(14)28-17(24)25-16(23)26-18(28)6-2-1-3-7-18/h4-5,12H,1-3,6-11H2,(H4,23,24,25,26). The van der Waals surface area contributed by atoms with Gasteiger partial charge >= 0.3 is 6.18 Å². The van der Waals surface area contributed by atoms with Crippen molar-refractivity contribution in [1.82, 2.24) is 0 Å². The summed E-state index contributed by atoms with van der Waals surface area (Å²) < 4.78 is 47.6. The number of hydrogen-bond donors (Lipinski definition) is 2. The van der Waals surface area contributed by atoms with Gasteiger partial charge in [0.1, 0.15) is 5.66 Å². The van der Waals surface area contributed by atoms with Crippen LogP contribution in [0.2, 0.25) is 0 Å². The second-order valence-corrected chi connectivity index (χ2v) is 7.62. The van der Waals surface area contributed by atoms with Crippen LogP contribution in [0.3, 0.4) is 0 Å². The third kappa shape index (κ3) is 3.73. The Morgan fingerprint density at radius 1 is 1.03 bits per heavy atom.